The van der Waals surface area contributed by atoms with E-state index in [0.29, 0.717) is 14.5 Å². The Kier molecular flexibility index (Phi) is 4.84. The minimum absolute atomic E-state index is 0.698. The molecule has 0 fully saturated rings. The fourth-order valence-corrected chi connectivity index (χ4v) is 1.98. The van der Waals surface area contributed by atoms with E-state index in [2.05, 4.69) is 24.9 Å². The van der Waals surface area contributed by atoms with Gasteiger partial charge in [-0.3, -0.25) is 0 Å². The molecule has 0 aromatic carbocycles. The normalized spacial score (nSPS) is 8.00. The van der Waals surface area contributed by atoms with E-state index in [9.17, 15) is 0 Å². The summed E-state index contributed by atoms with van der Waals surface area (Å²) >= 11 is 0.698. The topological polar surface area (TPSA) is 0 Å². The zero-order valence-electron chi connectivity index (χ0n) is 6.56. The molecule has 0 N–H and O–H groups in total. The Morgan fingerprint density at radius 2 is 1.78 bits per heavy atom. The number of hydrogen-bond acceptors (Lipinski definition) is 0. The van der Waals surface area contributed by atoms with Crippen molar-refractivity contribution in [3.63, 3.8) is 0 Å². The van der Waals surface area contributed by atoms with Crippen molar-refractivity contribution in [3.05, 3.63) is 21.0 Å². The third-order valence-electron chi connectivity index (χ3n) is 1.12. The minimum atomic E-state index is 0.698. The summed E-state index contributed by atoms with van der Waals surface area (Å²) in [4.78, 5) is 2.26. The quantitative estimate of drug-likeness (QED) is 0.550. The van der Waals surface area contributed by atoms with E-state index in [-0.39, 0.29) is 0 Å². The SMILES string of the molecule is CC.Cc1cc[se]c1C. The molecule has 0 bridgehead atoms. The van der Waals surface area contributed by atoms with Crippen LogP contribution in [0.2, 0.25) is 0 Å². The third-order valence-corrected chi connectivity index (χ3v) is 3.11. The summed E-state index contributed by atoms with van der Waals surface area (Å²) in [6.07, 6.45) is 0. The van der Waals surface area contributed by atoms with Crippen molar-refractivity contribution in [3.8, 4) is 0 Å². The van der Waals surface area contributed by atoms with E-state index in [1.165, 1.54) is 5.56 Å². The Hall–Kier alpha value is -0.000519. The summed E-state index contributed by atoms with van der Waals surface area (Å²) in [5.41, 5.74) is 1.47. The van der Waals surface area contributed by atoms with Crippen LogP contribution in [0.15, 0.2) is 11.0 Å². The van der Waals surface area contributed by atoms with Gasteiger partial charge in [0.1, 0.15) is 0 Å². The fraction of sp³-hybridized carbons (Fsp3) is 0.500. The first-order valence-electron chi connectivity index (χ1n) is 3.31. The summed E-state index contributed by atoms with van der Waals surface area (Å²) in [5.74, 6) is 0. The van der Waals surface area contributed by atoms with E-state index < -0.39 is 0 Å². The molecule has 52 valence electrons. The van der Waals surface area contributed by atoms with Gasteiger partial charge in [0, 0.05) is 0 Å². The molecule has 0 nitrogen and oxygen atoms in total. The molecule has 0 aliphatic carbocycles. The maximum atomic E-state index is 2.26. The van der Waals surface area contributed by atoms with Crippen molar-refractivity contribution in [2.24, 2.45) is 0 Å². The van der Waals surface area contributed by atoms with Crippen LogP contribution in [0.25, 0.3) is 0 Å². The third kappa shape index (κ3) is 2.88. The van der Waals surface area contributed by atoms with Gasteiger partial charge in [-0.15, -0.1) is 0 Å². The van der Waals surface area contributed by atoms with Crippen LogP contribution in [0, 0.1) is 13.8 Å². The molecular formula is C8H14Se. The monoisotopic (exact) mass is 190 g/mol. The molecule has 0 saturated carbocycles. The fourth-order valence-electron chi connectivity index (χ4n) is 0.448. The van der Waals surface area contributed by atoms with Crippen LogP contribution in [0.5, 0.6) is 0 Å². The summed E-state index contributed by atoms with van der Waals surface area (Å²) in [6, 6.07) is 2.20. The van der Waals surface area contributed by atoms with Crippen molar-refractivity contribution in [1.29, 1.82) is 0 Å². The van der Waals surface area contributed by atoms with Gasteiger partial charge in [0.2, 0.25) is 0 Å². The van der Waals surface area contributed by atoms with Gasteiger partial charge in [-0.25, -0.2) is 0 Å². The van der Waals surface area contributed by atoms with Crippen molar-refractivity contribution < 1.29 is 0 Å². The Bertz CT molecular complexity index is 137. The maximum absolute atomic E-state index is 2.26. The average molecular weight is 189 g/mol. The van der Waals surface area contributed by atoms with Gasteiger partial charge in [0.15, 0.2) is 0 Å². The van der Waals surface area contributed by atoms with Crippen LogP contribution in [-0.4, -0.2) is 14.5 Å². The van der Waals surface area contributed by atoms with Crippen molar-refractivity contribution in [2.45, 2.75) is 27.7 Å². The van der Waals surface area contributed by atoms with Crippen molar-refractivity contribution in [2.75, 3.05) is 0 Å². The molecule has 0 aliphatic rings. The molecule has 0 radical (unpaired) electrons. The number of hydrogen-bond donors (Lipinski definition) is 0. The Morgan fingerprint density at radius 1 is 1.22 bits per heavy atom. The Morgan fingerprint density at radius 3 is 1.89 bits per heavy atom. The van der Waals surface area contributed by atoms with Gasteiger partial charge in [-0.05, 0) is 0 Å². The van der Waals surface area contributed by atoms with Gasteiger partial charge in [-0.2, -0.15) is 0 Å². The standard InChI is InChI=1S/C6H8Se.C2H6/c1-5-3-4-7-6(5)2;1-2/h3-4H,1-2H3;1-2H3. The second-order valence-corrected chi connectivity index (χ2v) is 4.01. The molecule has 0 spiro atoms. The molecule has 1 heteroatoms. The van der Waals surface area contributed by atoms with E-state index in [0.717, 1.165) is 0 Å². The first-order chi connectivity index (χ1) is 4.30. The molecule has 1 heterocycles. The van der Waals surface area contributed by atoms with E-state index >= 15 is 0 Å². The predicted molar refractivity (Wildman–Crippen MR) is 44.2 cm³/mol. The van der Waals surface area contributed by atoms with E-state index in [4.69, 9.17) is 0 Å². The molecule has 0 atom stereocenters. The van der Waals surface area contributed by atoms with E-state index in [1.54, 1.807) is 4.44 Å². The molecule has 9 heavy (non-hydrogen) atoms. The molecule has 1 rings (SSSR count). The van der Waals surface area contributed by atoms with Crippen molar-refractivity contribution >= 4 is 14.5 Å². The summed E-state index contributed by atoms with van der Waals surface area (Å²) in [7, 11) is 0. The van der Waals surface area contributed by atoms with Crippen LogP contribution >= 0.6 is 0 Å². The van der Waals surface area contributed by atoms with Gasteiger partial charge >= 0.3 is 49.4 Å². The van der Waals surface area contributed by atoms with Crippen LogP contribution in [0.3, 0.4) is 0 Å². The first-order valence-corrected chi connectivity index (χ1v) is 5.16. The summed E-state index contributed by atoms with van der Waals surface area (Å²) < 4.78 is 1.58. The molecular weight excluding hydrogens is 175 g/mol. The van der Waals surface area contributed by atoms with Crippen LogP contribution in [0.1, 0.15) is 23.8 Å². The average Bonchev–Trinajstić information content (AvgIpc) is 2.23. The summed E-state index contributed by atoms with van der Waals surface area (Å²) in [5, 5.41) is 0. The number of rotatable bonds is 0. The van der Waals surface area contributed by atoms with Crippen LogP contribution in [0.4, 0.5) is 0 Å². The van der Waals surface area contributed by atoms with Gasteiger partial charge in [-0.1, -0.05) is 13.8 Å². The summed E-state index contributed by atoms with van der Waals surface area (Å²) in [6.45, 7) is 8.37. The van der Waals surface area contributed by atoms with Gasteiger partial charge in [0.25, 0.3) is 0 Å². The van der Waals surface area contributed by atoms with Crippen molar-refractivity contribution in [1.82, 2.24) is 0 Å². The zero-order valence-corrected chi connectivity index (χ0v) is 8.28. The Balaban J connectivity index is 0.000000291. The van der Waals surface area contributed by atoms with Crippen LogP contribution < -0.4 is 0 Å². The predicted octanol–water partition coefficient (Wildman–Crippen LogP) is 2.39. The molecule has 1 aromatic heterocycles. The van der Waals surface area contributed by atoms with Gasteiger partial charge < -0.3 is 0 Å². The zero-order chi connectivity index (χ0) is 7.28. The molecule has 0 aliphatic heterocycles. The van der Waals surface area contributed by atoms with Crippen LogP contribution in [-0.2, 0) is 0 Å². The van der Waals surface area contributed by atoms with Gasteiger partial charge in [0.05, 0.1) is 0 Å². The first kappa shape index (κ1) is 9.00. The molecule has 1 aromatic rings. The molecule has 0 saturated heterocycles. The Labute approximate surface area is 63.7 Å². The second kappa shape index (κ2) is 4.84. The molecule has 0 amide bonds. The molecule has 0 unspecified atom stereocenters. The van der Waals surface area contributed by atoms with E-state index in [1.807, 2.05) is 13.8 Å². The number of aryl methyl sites for hydroxylation is 2. The second-order valence-electron chi connectivity index (χ2n) is 1.66.